The third-order valence-electron chi connectivity index (χ3n) is 2.76. The van der Waals surface area contributed by atoms with E-state index in [1.165, 1.54) is 4.57 Å². The molecule has 0 fully saturated rings. The van der Waals surface area contributed by atoms with Gasteiger partial charge in [-0.05, 0) is 18.6 Å². The number of hydrogen-bond donors (Lipinski definition) is 1. The Hall–Kier alpha value is -1.62. The largest absolute Gasteiger partial charge is 0.502 e. The van der Waals surface area contributed by atoms with Crippen LogP contribution in [0, 0.1) is 0 Å². The second-order valence-electron chi connectivity index (χ2n) is 3.96. The van der Waals surface area contributed by atoms with Crippen LogP contribution in [0.5, 0.6) is 5.75 Å². The maximum atomic E-state index is 11.9. The molecule has 94 valence electrons. The van der Waals surface area contributed by atoms with Gasteiger partial charge in [0.15, 0.2) is 0 Å². The monoisotopic (exact) mass is 308 g/mol. The van der Waals surface area contributed by atoms with E-state index < -0.39 is 5.56 Å². The van der Waals surface area contributed by atoms with Crippen molar-refractivity contribution in [2.24, 2.45) is 7.05 Å². The molecular weight excluding hydrogens is 296 g/mol. The van der Waals surface area contributed by atoms with E-state index in [1.54, 1.807) is 7.05 Å². The van der Waals surface area contributed by atoms with Crippen LogP contribution >= 0.6 is 15.9 Å². The summed E-state index contributed by atoms with van der Waals surface area (Å²) < 4.78 is 2.27. The third-order valence-corrected chi connectivity index (χ3v) is 3.25. The quantitative estimate of drug-likeness (QED) is 0.927. The zero-order chi connectivity index (χ0) is 13.3. The Kier molecular flexibility index (Phi) is 3.52. The summed E-state index contributed by atoms with van der Waals surface area (Å²) in [6.45, 7) is 1.85. The first-order chi connectivity index (χ1) is 8.54. The number of hydrogen-bond acceptors (Lipinski definition) is 3. The molecule has 0 bridgehead atoms. The highest BCUT2D eigenvalue weighted by Crippen LogP contribution is 2.22. The van der Waals surface area contributed by atoms with Gasteiger partial charge in [-0.15, -0.1) is 0 Å². The van der Waals surface area contributed by atoms with Gasteiger partial charge in [-0.3, -0.25) is 9.36 Å². The van der Waals surface area contributed by atoms with Crippen molar-refractivity contribution >= 4 is 15.9 Å². The second kappa shape index (κ2) is 4.94. The lowest BCUT2D eigenvalue weighted by molar-refractivity contribution is 0.449. The van der Waals surface area contributed by atoms with Gasteiger partial charge in [0.1, 0.15) is 5.82 Å². The van der Waals surface area contributed by atoms with E-state index in [-0.39, 0.29) is 5.75 Å². The molecule has 0 aliphatic heterocycles. The van der Waals surface area contributed by atoms with Crippen molar-refractivity contribution in [2.45, 2.75) is 13.3 Å². The summed E-state index contributed by atoms with van der Waals surface area (Å²) >= 11 is 3.39. The molecule has 1 aromatic heterocycles. The summed E-state index contributed by atoms with van der Waals surface area (Å²) in [6.07, 6.45) is 0.517. The summed E-state index contributed by atoms with van der Waals surface area (Å²) in [5.74, 6) is 0.287. The van der Waals surface area contributed by atoms with Crippen LogP contribution in [-0.4, -0.2) is 14.7 Å². The van der Waals surface area contributed by atoms with Crippen LogP contribution in [0.15, 0.2) is 33.5 Å². The Bertz CT molecular complexity index is 650. The zero-order valence-corrected chi connectivity index (χ0v) is 11.7. The molecule has 0 saturated heterocycles. The molecule has 0 unspecified atom stereocenters. The second-order valence-corrected chi connectivity index (χ2v) is 4.87. The molecule has 0 spiro atoms. The molecule has 1 N–H and O–H groups in total. The first kappa shape index (κ1) is 12.8. The normalized spacial score (nSPS) is 10.6. The highest BCUT2D eigenvalue weighted by molar-refractivity contribution is 9.10. The van der Waals surface area contributed by atoms with Crippen LogP contribution in [-0.2, 0) is 13.5 Å². The fourth-order valence-corrected chi connectivity index (χ4v) is 2.17. The van der Waals surface area contributed by atoms with Crippen LogP contribution in [0.2, 0.25) is 0 Å². The maximum Gasteiger partial charge on any atom is 0.295 e. The molecule has 0 aliphatic carbocycles. The van der Waals surface area contributed by atoms with E-state index in [0.717, 1.165) is 10.0 Å². The van der Waals surface area contributed by atoms with E-state index in [0.29, 0.717) is 17.9 Å². The average Bonchev–Trinajstić information content (AvgIpc) is 2.36. The molecule has 1 heterocycles. The van der Waals surface area contributed by atoms with Crippen LogP contribution in [0.1, 0.15) is 12.6 Å². The molecule has 5 heteroatoms. The fraction of sp³-hybridized carbons (Fsp3) is 0.231. The number of aromatic hydroxyl groups is 1. The number of aromatic nitrogens is 2. The highest BCUT2D eigenvalue weighted by atomic mass is 79.9. The summed E-state index contributed by atoms with van der Waals surface area (Å²) in [5, 5.41) is 9.70. The van der Waals surface area contributed by atoms with Crippen molar-refractivity contribution in [2.75, 3.05) is 0 Å². The predicted molar refractivity (Wildman–Crippen MR) is 73.7 cm³/mol. The Labute approximate surface area is 113 Å². The molecule has 4 nitrogen and oxygen atoms in total. The van der Waals surface area contributed by atoms with Crippen LogP contribution < -0.4 is 5.56 Å². The van der Waals surface area contributed by atoms with Crippen molar-refractivity contribution < 1.29 is 5.11 Å². The molecule has 2 rings (SSSR count). The Morgan fingerprint density at radius 1 is 1.44 bits per heavy atom. The van der Waals surface area contributed by atoms with E-state index in [1.807, 2.05) is 31.2 Å². The Morgan fingerprint density at radius 2 is 2.17 bits per heavy atom. The third kappa shape index (κ3) is 2.18. The smallest absolute Gasteiger partial charge is 0.295 e. The average molecular weight is 309 g/mol. The van der Waals surface area contributed by atoms with Gasteiger partial charge in [-0.1, -0.05) is 35.0 Å². The van der Waals surface area contributed by atoms with E-state index in [9.17, 15) is 9.90 Å². The lowest BCUT2D eigenvalue weighted by Crippen LogP contribution is -2.21. The van der Waals surface area contributed by atoms with Crippen LogP contribution in [0.3, 0.4) is 0 Å². The number of nitrogens with zero attached hydrogens (tertiary/aromatic N) is 2. The minimum atomic E-state index is -0.420. The molecular formula is C13H13BrN2O2. The lowest BCUT2D eigenvalue weighted by Gasteiger charge is -2.10. The van der Waals surface area contributed by atoms with Crippen LogP contribution in [0.25, 0.3) is 11.4 Å². The minimum absolute atomic E-state index is 0.265. The van der Waals surface area contributed by atoms with Gasteiger partial charge >= 0.3 is 0 Å². The van der Waals surface area contributed by atoms with Crippen molar-refractivity contribution in [3.63, 3.8) is 0 Å². The lowest BCUT2D eigenvalue weighted by atomic mass is 10.2. The molecule has 0 aliphatic rings. The summed E-state index contributed by atoms with van der Waals surface area (Å²) in [7, 11) is 1.60. The van der Waals surface area contributed by atoms with Gasteiger partial charge in [0, 0.05) is 17.1 Å². The zero-order valence-electron chi connectivity index (χ0n) is 10.1. The Morgan fingerprint density at radius 3 is 2.78 bits per heavy atom. The summed E-state index contributed by atoms with van der Waals surface area (Å²) in [5.41, 5.74) is 0.837. The molecule has 0 saturated carbocycles. The standard InChI is InChI=1S/C13H13BrN2O2/c1-3-10-11(17)13(18)16(2)12(15-10)8-5-4-6-9(14)7-8/h4-7,17H,3H2,1-2H3. The minimum Gasteiger partial charge on any atom is -0.502 e. The molecule has 0 amide bonds. The van der Waals surface area contributed by atoms with Gasteiger partial charge < -0.3 is 5.11 Å². The van der Waals surface area contributed by atoms with Crippen molar-refractivity contribution in [1.82, 2.24) is 9.55 Å². The highest BCUT2D eigenvalue weighted by Gasteiger charge is 2.13. The molecule has 1 aromatic carbocycles. The molecule has 18 heavy (non-hydrogen) atoms. The van der Waals surface area contributed by atoms with E-state index in [4.69, 9.17) is 0 Å². The van der Waals surface area contributed by atoms with Crippen molar-refractivity contribution in [3.8, 4) is 17.1 Å². The first-order valence-electron chi connectivity index (χ1n) is 5.59. The number of halogens is 1. The van der Waals surface area contributed by atoms with Gasteiger partial charge in [0.25, 0.3) is 5.56 Å². The fourth-order valence-electron chi connectivity index (χ4n) is 1.77. The van der Waals surface area contributed by atoms with Gasteiger partial charge in [0.05, 0.1) is 5.69 Å². The number of benzene rings is 1. The van der Waals surface area contributed by atoms with Gasteiger partial charge in [0.2, 0.25) is 5.75 Å². The molecule has 0 radical (unpaired) electrons. The first-order valence-corrected chi connectivity index (χ1v) is 6.38. The topological polar surface area (TPSA) is 55.1 Å². The van der Waals surface area contributed by atoms with Gasteiger partial charge in [-0.25, -0.2) is 4.98 Å². The van der Waals surface area contributed by atoms with Crippen molar-refractivity contribution in [3.05, 3.63) is 44.8 Å². The SMILES string of the molecule is CCc1nc(-c2cccc(Br)c2)n(C)c(=O)c1O. The maximum absolute atomic E-state index is 11.9. The van der Waals surface area contributed by atoms with Crippen LogP contribution in [0.4, 0.5) is 0 Å². The predicted octanol–water partition coefficient (Wildman–Crippen LogP) is 2.48. The molecule has 0 atom stereocenters. The van der Waals surface area contributed by atoms with Gasteiger partial charge in [-0.2, -0.15) is 0 Å². The number of rotatable bonds is 2. The summed E-state index contributed by atoms with van der Waals surface area (Å²) in [4.78, 5) is 16.2. The number of aryl methyl sites for hydroxylation is 1. The van der Waals surface area contributed by atoms with Crippen molar-refractivity contribution in [1.29, 1.82) is 0 Å². The Balaban J connectivity index is 2.72. The summed E-state index contributed by atoms with van der Waals surface area (Å²) in [6, 6.07) is 7.55. The molecule has 2 aromatic rings. The van der Waals surface area contributed by atoms with E-state index in [2.05, 4.69) is 20.9 Å². The van der Waals surface area contributed by atoms with E-state index >= 15 is 0 Å².